The molecule has 1 aromatic carbocycles. The lowest BCUT2D eigenvalue weighted by Gasteiger charge is -2.37. The van der Waals surface area contributed by atoms with E-state index in [2.05, 4.69) is 6.92 Å². The van der Waals surface area contributed by atoms with E-state index in [0.29, 0.717) is 0 Å². The smallest absolute Gasteiger partial charge is 0.316 e. The van der Waals surface area contributed by atoms with E-state index >= 15 is 0 Å². The van der Waals surface area contributed by atoms with E-state index in [1.165, 1.54) is 7.11 Å². The fourth-order valence-corrected chi connectivity index (χ4v) is 2.82. The van der Waals surface area contributed by atoms with E-state index in [4.69, 9.17) is 4.74 Å². The molecule has 1 aliphatic carbocycles. The van der Waals surface area contributed by atoms with E-state index in [-0.39, 0.29) is 5.97 Å². The standard InChI is InChI=1S/C15H20O2/c1-12-8-10-15(11-9-12,14(16)17-2)13-6-4-3-5-7-13/h3-7,12H,8-11H2,1-2H3. The number of carbonyl (C=O) groups excluding carboxylic acids is 1. The zero-order chi connectivity index (χ0) is 12.3. The van der Waals surface area contributed by atoms with Crippen molar-refractivity contribution in [2.45, 2.75) is 38.0 Å². The van der Waals surface area contributed by atoms with Gasteiger partial charge in [-0.1, -0.05) is 37.3 Å². The third kappa shape index (κ3) is 2.21. The summed E-state index contributed by atoms with van der Waals surface area (Å²) in [5.74, 6) is 0.645. The molecule has 1 fully saturated rings. The average molecular weight is 232 g/mol. The Bertz CT molecular complexity index is 375. The number of hydrogen-bond donors (Lipinski definition) is 0. The number of ether oxygens (including phenoxy) is 1. The van der Waals surface area contributed by atoms with Crippen molar-refractivity contribution < 1.29 is 9.53 Å². The van der Waals surface area contributed by atoms with Gasteiger partial charge in [0.25, 0.3) is 0 Å². The number of esters is 1. The lowest BCUT2D eigenvalue weighted by molar-refractivity contribution is -0.149. The van der Waals surface area contributed by atoms with E-state index in [1.807, 2.05) is 30.3 Å². The summed E-state index contributed by atoms with van der Waals surface area (Å²) in [6.07, 6.45) is 4.02. The first-order valence-corrected chi connectivity index (χ1v) is 6.33. The number of rotatable bonds is 2. The molecule has 0 atom stereocenters. The molecule has 0 bridgehead atoms. The molecular formula is C15H20O2. The lowest BCUT2D eigenvalue weighted by Crippen LogP contribution is -2.40. The van der Waals surface area contributed by atoms with Crippen molar-refractivity contribution in [3.05, 3.63) is 35.9 Å². The van der Waals surface area contributed by atoms with Gasteiger partial charge in [0.2, 0.25) is 0 Å². The molecular weight excluding hydrogens is 212 g/mol. The zero-order valence-corrected chi connectivity index (χ0v) is 10.6. The quantitative estimate of drug-likeness (QED) is 0.731. The summed E-state index contributed by atoms with van der Waals surface area (Å²) >= 11 is 0. The maximum atomic E-state index is 12.2. The zero-order valence-electron chi connectivity index (χ0n) is 10.6. The number of benzene rings is 1. The highest BCUT2D eigenvalue weighted by atomic mass is 16.5. The van der Waals surface area contributed by atoms with Gasteiger partial charge in [0.1, 0.15) is 0 Å². The van der Waals surface area contributed by atoms with Crippen LogP contribution in [-0.4, -0.2) is 13.1 Å². The van der Waals surface area contributed by atoms with Gasteiger partial charge in [-0.3, -0.25) is 4.79 Å². The molecule has 92 valence electrons. The van der Waals surface area contributed by atoms with Gasteiger partial charge >= 0.3 is 5.97 Å². The van der Waals surface area contributed by atoms with E-state index in [1.54, 1.807) is 0 Å². The van der Waals surface area contributed by atoms with Crippen LogP contribution in [0.15, 0.2) is 30.3 Å². The predicted molar refractivity (Wildman–Crippen MR) is 67.8 cm³/mol. The van der Waals surface area contributed by atoms with Crippen molar-refractivity contribution in [3.63, 3.8) is 0 Å². The fraction of sp³-hybridized carbons (Fsp3) is 0.533. The molecule has 2 heteroatoms. The molecule has 1 aliphatic rings. The van der Waals surface area contributed by atoms with Crippen LogP contribution in [0.3, 0.4) is 0 Å². The minimum Gasteiger partial charge on any atom is -0.468 e. The van der Waals surface area contributed by atoms with E-state index in [9.17, 15) is 4.79 Å². The molecule has 2 nitrogen and oxygen atoms in total. The maximum absolute atomic E-state index is 12.2. The van der Waals surface area contributed by atoms with Crippen LogP contribution in [0.5, 0.6) is 0 Å². The second-order valence-electron chi connectivity index (χ2n) is 5.12. The summed E-state index contributed by atoms with van der Waals surface area (Å²) in [5.41, 5.74) is 0.710. The minimum atomic E-state index is -0.400. The summed E-state index contributed by atoms with van der Waals surface area (Å²) < 4.78 is 5.04. The average Bonchev–Trinajstić information content (AvgIpc) is 2.40. The molecule has 0 spiro atoms. The van der Waals surface area contributed by atoms with Crippen LogP contribution in [0.4, 0.5) is 0 Å². The Labute approximate surface area is 103 Å². The van der Waals surface area contributed by atoms with E-state index < -0.39 is 5.41 Å². The van der Waals surface area contributed by atoms with Crippen molar-refractivity contribution in [3.8, 4) is 0 Å². The molecule has 0 amide bonds. The monoisotopic (exact) mass is 232 g/mol. The number of hydrogen-bond acceptors (Lipinski definition) is 2. The van der Waals surface area contributed by atoms with Gasteiger partial charge in [0, 0.05) is 0 Å². The highest BCUT2D eigenvalue weighted by molar-refractivity contribution is 5.83. The summed E-state index contributed by atoms with van der Waals surface area (Å²) in [6, 6.07) is 10.1. The number of carbonyl (C=O) groups is 1. The van der Waals surface area contributed by atoms with Crippen LogP contribution in [0, 0.1) is 5.92 Å². The van der Waals surface area contributed by atoms with Gasteiger partial charge in [-0.25, -0.2) is 0 Å². The SMILES string of the molecule is COC(=O)C1(c2ccccc2)CCC(C)CC1. The molecule has 0 aliphatic heterocycles. The van der Waals surface area contributed by atoms with Crippen LogP contribution in [0.25, 0.3) is 0 Å². The van der Waals surface area contributed by atoms with Crippen molar-refractivity contribution in [2.75, 3.05) is 7.11 Å². The first-order valence-electron chi connectivity index (χ1n) is 6.33. The lowest BCUT2D eigenvalue weighted by atomic mass is 9.67. The van der Waals surface area contributed by atoms with Crippen molar-refractivity contribution in [1.29, 1.82) is 0 Å². The Balaban J connectivity index is 2.35. The van der Waals surface area contributed by atoms with Crippen LogP contribution in [0.2, 0.25) is 0 Å². The second kappa shape index (κ2) is 4.91. The minimum absolute atomic E-state index is 0.0735. The molecule has 0 aromatic heterocycles. The molecule has 0 radical (unpaired) electrons. The molecule has 1 aromatic rings. The highest BCUT2D eigenvalue weighted by Gasteiger charge is 2.43. The van der Waals surface area contributed by atoms with Crippen molar-refractivity contribution in [1.82, 2.24) is 0 Å². The van der Waals surface area contributed by atoms with Gasteiger partial charge in [-0.05, 0) is 37.2 Å². The number of methoxy groups -OCH3 is 1. The first-order chi connectivity index (χ1) is 8.19. The molecule has 1 saturated carbocycles. The van der Waals surface area contributed by atoms with Gasteiger partial charge in [-0.2, -0.15) is 0 Å². The summed E-state index contributed by atoms with van der Waals surface area (Å²) in [4.78, 5) is 12.2. The van der Waals surface area contributed by atoms with Crippen molar-refractivity contribution in [2.24, 2.45) is 5.92 Å². The second-order valence-corrected chi connectivity index (χ2v) is 5.12. The van der Waals surface area contributed by atoms with Crippen LogP contribution in [0.1, 0.15) is 38.2 Å². The predicted octanol–water partition coefficient (Wildman–Crippen LogP) is 3.31. The normalized spacial score (nSPS) is 28.7. The molecule has 17 heavy (non-hydrogen) atoms. The third-order valence-corrected chi connectivity index (χ3v) is 4.03. The van der Waals surface area contributed by atoms with Crippen LogP contribution >= 0.6 is 0 Å². The third-order valence-electron chi connectivity index (χ3n) is 4.03. The van der Waals surface area contributed by atoms with Gasteiger partial charge < -0.3 is 4.74 Å². The molecule has 2 rings (SSSR count). The van der Waals surface area contributed by atoms with Crippen LogP contribution < -0.4 is 0 Å². The van der Waals surface area contributed by atoms with Gasteiger partial charge in [0.15, 0.2) is 0 Å². The largest absolute Gasteiger partial charge is 0.468 e. The summed E-state index contributed by atoms with van der Waals surface area (Å²) in [5, 5.41) is 0. The first kappa shape index (κ1) is 12.2. The Hall–Kier alpha value is -1.31. The van der Waals surface area contributed by atoms with Crippen molar-refractivity contribution >= 4 is 5.97 Å². The Kier molecular flexibility index (Phi) is 3.51. The topological polar surface area (TPSA) is 26.3 Å². The Morgan fingerprint density at radius 2 is 1.82 bits per heavy atom. The van der Waals surface area contributed by atoms with Gasteiger partial charge in [0.05, 0.1) is 12.5 Å². The Morgan fingerprint density at radius 1 is 1.24 bits per heavy atom. The van der Waals surface area contributed by atoms with Crippen LogP contribution in [-0.2, 0) is 14.9 Å². The molecule has 0 N–H and O–H groups in total. The fourth-order valence-electron chi connectivity index (χ4n) is 2.82. The molecule has 0 heterocycles. The molecule has 0 saturated heterocycles. The summed E-state index contributed by atoms with van der Waals surface area (Å²) in [6.45, 7) is 2.26. The Morgan fingerprint density at radius 3 is 2.35 bits per heavy atom. The molecule has 0 unspecified atom stereocenters. The van der Waals surface area contributed by atoms with E-state index in [0.717, 1.165) is 37.2 Å². The van der Waals surface area contributed by atoms with Gasteiger partial charge in [-0.15, -0.1) is 0 Å². The summed E-state index contributed by atoms with van der Waals surface area (Å²) in [7, 11) is 1.49. The highest BCUT2D eigenvalue weighted by Crippen LogP contribution is 2.42. The maximum Gasteiger partial charge on any atom is 0.316 e.